The van der Waals surface area contributed by atoms with Gasteiger partial charge in [0.05, 0.1) is 6.20 Å². The number of aromatic nitrogens is 2. The minimum Gasteiger partial charge on any atom is -0.441 e. The number of nitrogens with one attached hydrogen (secondary N) is 1. The highest BCUT2D eigenvalue weighted by Gasteiger charge is 2.18. The summed E-state index contributed by atoms with van der Waals surface area (Å²) >= 11 is 1.58. The van der Waals surface area contributed by atoms with Gasteiger partial charge in [-0.25, -0.2) is 9.97 Å². The van der Waals surface area contributed by atoms with Gasteiger partial charge in [-0.15, -0.1) is 0 Å². The summed E-state index contributed by atoms with van der Waals surface area (Å²) < 4.78 is 5.72. The van der Waals surface area contributed by atoms with Crippen LogP contribution in [0, 0.1) is 0 Å². The highest BCUT2D eigenvalue weighted by atomic mass is 32.1. The first-order valence-corrected chi connectivity index (χ1v) is 8.25. The molecule has 0 fully saturated rings. The topological polar surface area (TPSA) is 71.2 Å². The fourth-order valence-electron chi connectivity index (χ4n) is 1.74. The lowest BCUT2D eigenvalue weighted by Crippen LogP contribution is -2.09. The summed E-state index contributed by atoms with van der Waals surface area (Å²) in [5, 5.41) is 12.9. The first kappa shape index (κ1) is 16.7. The van der Waals surface area contributed by atoms with Crippen LogP contribution in [-0.4, -0.2) is 28.2 Å². The molecular formula is C16H23N3O2S. The van der Waals surface area contributed by atoms with Gasteiger partial charge < -0.3 is 14.8 Å². The largest absolute Gasteiger partial charge is 0.441 e. The molecule has 2 aromatic heterocycles. The maximum Gasteiger partial charge on any atom is 0.218 e. The molecule has 0 saturated carbocycles. The van der Waals surface area contributed by atoms with Crippen molar-refractivity contribution in [1.82, 2.24) is 9.97 Å². The van der Waals surface area contributed by atoms with Gasteiger partial charge in [0, 0.05) is 35.7 Å². The zero-order chi connectivity index (χ0) is 16.0. The van der Waals surface area contributed by atoms with Crippen molar-refractivity contribution in [3.05, 3.63) is 28.9 Å². The van der Waals surface area contributed by atoms with E-state index in [1.807, 2.05) is 18.3 Å². The third-order valence-corrected chi connectivity index (χ3v) is 3.96. The van der Waals surface area contributed by atoms with Crippen molar-refractivity contribution in [3.63, 3.8) is 0 Å². The first-order valence-electron chi connectivity index (χ1n) is 7.44. The Morgan fingerprint density at radius 1 is 1.23 bits per heavy atom. The fraction of sp³-hybridized carbons (Fsp3) is 0.500. The van der Waals surface area contributed by atoms with Crippen LogP contribution in [0.4, 0.5) is 5.13 Å². The molecule has 120 valence electrons. The molecule has 6 heteroatoms. The molecule has 5 nitrogen and oxygen atoms in total. The van der Waals surface area contributed by atoms with E-state index in [-0.39, 0.29) is 12.0 Å². The van der Waals surface area contributed by atoms with Crippen LogP contribution < -0.4 is 5.32 Å². The van der Waals surface area contributed by atoms with E-state index in [1.165, 1.54) is 0 Å². The minimum absolute atomic E-state index is 0.0325. The van der Waals surface area contributed by atoms with Crippen molar-refractivity contribution in [1.29, 1.82) is 0 Å². The van der Waals surface area contributed by atoms with Crippen LogP contribution in [0.25, 0.3) is 12.2 Å². The first-order chi connectivity index (χ1) is 10.5. The Balaban J connectivity index is 1.90. The molecule has 0 saturated heterocycles. The number of aliphatic hydroxyl groups is 1. The van der Waals surface area contributed by atoms with Crippen molar-refractivity contribution >= 4 is 28.6 Å². The van der Waals surface area contributed by atoms with E-state index in [2.05, 4.69) is 36.1 Å². The lowest BCUT2D eigenvalue weighted by molar-refractivity contribution is 0.286. The molecule has 22 heavy (non-hydrogen) atoms. The number of aliphatic hydroxyl groups excluding tert-OH is 1. The van der Waals surface area contributed by atoms with Gasteiger partial charge in [0.25, 0.3) is 0 Å². The Kier molecular flexibility index (Phi) is 5.74. The van der Waals surface area contributed by atoms with Crippen molar-refractivity contribution in [3.8, 4) is 0 Å². The van der Waals surface area contributed by atoms with Crippen LogP contribution in [0.3, 0.4) is 0 Å². The van der Waals surface area contributed by atoms with Crippen molar-refractivity contribution in [2.75, 3.05) is 18.5 Å². The second-order valence-corrected chi connectivity index (χ2v) is 7.13. The maximum absolute atomic E-state index is 8.73. The van der Waals surface area contributed by atoms with Crippen LogP contribution in [-0.2, 0) is 5.41 Å². The van der Waals surface area contributed by atoms with E-state index in [4.69, 9.17) is 9.52 Å². The number of hydrogen-bond acceptors (Lipinski definition) is 6. The summed E-state index contributed by atoms with van der Waals surface area (Å²) in [5.74, 6) is 1.48. The molecule has 0 unspecified atom stereocenters. The summed E-state index contributed by atoms with van der Waals surface area (Å²) in [6.45, 7) is 7.35. The van der Waals surface area contributed by atoms with Crippen LogP contribution in [0.2, 0.25) is 0 Å². The number of hydrogen-bond donors (Lipinski definition) is 2. The third kappa shape index (κ3) is 4.96. The van der Waals surface area contributed by atoms with Gasteiger partial charge in [-0.3, -0.25) is 0 Å². The van der Waals surface area contributed by atoms with Gasteiger partial charge in [0.2, 0.25) is 5.89 Å². The minimum atomic E-state index is -0.0325. The lowest BCUT2D eigenvalue weighted by Gasteiger charge is -2.12. The van der Waals surface area contributed by atoms with Crippen LogP contribution >= 0.6 is 11.3 Å². The van der Waals surface area contributed by atoms with Crippen LogP contribution in [0.15, 0.2) is 16.8 Å². The molecule has 0 aliphatic carbocycles. The molecule has 0 aromatic carbocycles. The molecule has 0 atom stereocenters. The molecule has 0 spiro atoms. The average Bonchev–Trinajstić information content (AvgIpc) is 3.10. The number of thiazole rings is 1. The second kappa shape index (κ2) is 7.56. The van der Waals surface area contributed by atoms with E-state index in [9.17, 15) is 0 Å². The molecule has 0 bridgehead atoms. The zero-order valence-corrected chi connectivity index (χ0v) is 14.1. The molecule has 0 aliphatic rings. The summed E-state index contributed by atoms with van der Waals surface area (Å²) in [5.41, 5.74) is -0.0325. The van der Waals surface area contributed by atoms with E-state index in [0.717, 1.165) is 35.2 Å². The van der Waals surface area contributed by atoms with Crippen molar-refractivity contribution in [2.24, 2.45) is 0 Å². The normalized spacial score (nSPS) is 12.2. The summed E-state index contributed by atoms with van der Waals surface area (Å²) in [6, 6.07) is 0. The van der Waals surface area contributed by atoms with E-state index < -0.39 is 0 Å². The van der Waals surface area contributed by atoms with Crippen LogP contribution in [0.5, 0.6) is 0 Å². The lowest BCUT2D eigenvalue weighted by atomic mass is 9.94. The number of unbranched alkanes of at least 4 members (excludes halogenated alkanes) is 1. The van der Waals surface area contributed by atoms with Gasteiger partial charge in [-0.1, -0.05) is 32.1 Å². The predicted octanol–water partition coefficient (Wildman–Crippen LogP) is 3.78. The number of rotatable bonds is 7. The third-order valence-electron chi connectivity index (χ3n) is 3.04. The van der Waals surface area contributed by atoms with Gasteiger partial charge in [0.15, 0.2) is 5.13 Å². The summed E-state index contributed by atoms with van der Waals surface area (Å²) in [6.07, 6.45) is 9.16. The predicted molar refractivity (Wildman–Crippen MR) is 91.1 cm³/mol. The SMILES string of the molecule is CC(C)(C)c1cnc(/C=C/c2cnc(NCCCCO)s2)o1. The quantitative estimate of drug-likeness (QED) is 0.759. The van der Waals surface area contributed by atoms with Crippen molar-refractivity contribution in [2.45, 2.75) is 39.0 Å². The molecule has 2 heterocycles. The zero-order valence-electron chi connectivity index (χ0n) is 13.3. The Morgan fingerprint density at radius 3 is 2.73 bits per heavy atom. The average molecular weight is 321 g/mol. The summed E-state index contributed by atoms with van der Waals surface area (Å²) in [4.78, 5) is 9.62. The Bertz CT molecular complexity index is 611. The Morgan fingerprint density at radius 2 is 2.05 bits per heavy atom. The highest BCUT2D eigenvalue weighted by Crippen LogP contribution is 2.24. The molecule has 2 aromatic rings. The molecule has 2 rings (SSSR count). The highest BCUT2D eigenvalue weighted by molar-refractivity contribution is 7.16. The van der Waals surface area contributed by atoms with Gasteiger partial charge in [0.1, 0.15) is 5.76 Å². The summed E-state index contributed by atoms with van der Waals surface area (Å²) in [7, 11) is 0. The van der Waals surface area contributed by atoms with Gasteiger partial charge in [-0.2, -0.15) is 0 Å². The van der Waals surface area contributed by atoms with Gasteiger partial charge >= 0.3 is 0 Å². The standard InChI is InChI=1S/C16H23N3O2S/c1-16(2,3)13-11-18-14(21-13)7-6-12-10-19-15(22-12)17-8-4-5-9-20/h6-7,10-11,20H,4-5,8-9H2,1-3H3,(H,17,19)/b7-6+. The Hall–Kier alpha value is -1.66. The number of oxazole rings is 1. The monoisotopic (exact) mass is 321 g/mol. The molecule has 0 amide bonds. The van der Waals surface area contributed by atoms with E-state index in [1.54, 1.807) is 17.5 Å². The van der Waals surface area contributed by atoms with Crippen molar-refractivity contribution < 1.29 is 9.52 Å². The molecule has 0 radical (unpaired) electrons. The molecular weight excluding hydrogens is 298 g/mol. The molecule has 2 N–H and O–H groups in total. The van der Waals surface area contributed by atoms with Gasteiger partial charge in [-0.05, 0) is 18.9 Å². The maximum atomic E-state index is 8.73. The second-order valence-electron chi connectivity index (χ2n) is 6.07. The number of anilines is 1. The molecule has 0 aliphatic heterocycles. The smallest absolute Gasteiger partial charge is 0.218 e. The fourth-order valence-corrected chi connectivity index (χ4v) is 2.49. The Labute approximate surface area is 135 Å². The van der Waals surface area contributed by atoms with Crippen LogP contribution in [0.1, 0.15) is 50.1 Å². The van der Waals surface area contributed by atoms with E-state index >= 15 is 0 Å². The number of nitrogens with zero attached hydrogens (tertiary/aromatic N) is 2. The van der Waals surface area contributed by atoms with E-state index in [0.29, 0.717) is 5.89 Å².